The van der Waals surface area contributed by atoms with Gasteiger partial charge in [-0.3, -0.25) is 29.0 Å². The fraction of sp³-hybridized carbons (Fsp3) is 0.262. The molecule has 1 aromatic heterocycles. The summed E-state index contributed by atoms with van der Waals surface area (Å²) in [5.41, 5.74) is 1.57. The lowest BCUT2D eigenvalue weighted by Gasteiger charge is -2.43. The van der Waals surface area contributed by atoms with Crippen LogP contribution in [0.1, 0.15) is 65.0 Å². The van der Waals surface area contributed by atoms with Crippen LogP contribution in [0.2, 0.25) is 0 Å². The minimum Gasteiger partial charge on any atom is -0.360 e. The summed E-state index contributed by atoms with van der Waals surface area (Å²) < 4.78 is 29.1. The van der Waals surface area contributed by atoms with Crippen LogP contribution in [0.25, 0.3) is 9.69 Å². The highest BCUT2D eigenvalue weighted by Crippen LogP contribution is 2.48. The Morgan fingerprint density at radius 2 is 1.24 bits per heavy atom. The minimum atomic E-state index is -1.07. The van der Waals surface area contributed by atoms with E-state index >= 15 is 0 Å². The average molecular weight is 834 g/mol. The van der Waals surface area contributed by atoms with Gasteiger partial charge in [0.1, 0.15) is 28.9 Å². The summed E-state index contributed by atoms with van der Waals surface area (Å²) in [6, 6.07) is 15.1. The molecule has 2 aliphatic heterocycles. The van der Waals surface area contributed by atoms with Gasteiger partial charge in [-0.15, -0.1) is 4.98 Å². The average Bonchev–Trinajstić information content (AvgIpc) is 3.54. The first-order valence-electron chi connectivity index (χ1n) is 18.2. The minimum absolute atomic E-state index is 0.0771. The molecule has 300 valence electrons. The highest BCUT2D eigenvalue weighted by Gasteiger charge is 2.60. The van der Waals surface area contributed by atoms with Gasteiger partial charge in [-0.05, 0) is 137 Å². The molecule has 4 aromatic rings. The first-order valence-corrected chi connectivity index (χ1v) is 19.0. The molecule has 0 bridgehead atoms. The molecular formula is C42H37F2N9O4S2. The summed E-state index contributed by atoms with van der Waals surface area (Å²) in [5.74, 6) is -2.65. The van der Waals surface area contributed by atoms with Crippen molar-refractivity contribution in [1.82, 2.24) is 15.6 Å². The maximum Gasteiger partial charge on any atom is 0.272 e. The van der Waals surface area contributed by atoms with Crippen LogP contribution in [0.3, 0.4) is 0 Å². The van der Waals surface area contributed by atoms with Crippen molar-refractivity contribution in [2.45, 2.75) is 58.0 Å². The van der Waals surface area contributed by atoms with Crippen molar-refractivity contribution in [2.75, 3.05) is 33.7 Å². The van der Waals surface area contributed by atoms with Gasteiger partial charge in [0.2, 0.25) is 0 Å². The van der Waals surface area contributed by atoms with Gasteiger partial charge in [-0.25, -0.2) is 13.6 Å². The number of anilines is 4. The fourth-order valence-corrected chi connectivity index (χ4v) is 8.27. The second kappa shape index (κ2) is 15.9. The molecule has 1 saturated carbocycles. The summed E-state index contributed by atoms with van der Waals surface area (Å²) in [6.45, 7) is 21.3. The predicted octanol–water partition coefficient (Wildman–Crippen LogP) is 7.46. The molecule has 2 N–H and O–H groups in total. The normalized spacial score (nSPS) is 16.3. The van der Waals surface area contributed by atoms with Crippen LogP contribution < -0.4 is 30.2 Å². The van der Waals surface area contributed by atoms with Crippen molar-refractivity contribution in [2.24, 2.45) is 0 Å². The van der Waals surface area contributed by atoms with E-state index in [2.05, 4.69) is 25.3 Å². The number of aromatic nitrogens is 1. The van der Waals surface area contributed by atoms with Crippen LogP contribution in [0.15, 0.2) is 66.9 Å². The molecule has 1 spiro atoms. The number of carbonyl (C=O) groups is 4. The zero-order valence-electron chi connectivity index (χ0n) is 32.8. The summed E-state index contributed by atoms with van der Waals surface area (Å²) in [5, 5.41) is 5.21. The maximum atomic E-state index is 14.6. The van der Waals surface area contributed by atoms with Crippen LogP contribution in [-0.4, -0.2) is 64.0 Å². The Labute approximate surface area is 350 Å². The van der Waals surface area contributed by atoms with E-state index in [1.54, 1.807) is 73.9 Å². The number of halogens is 2. The molecule has 3 aliphatic rings. The van der Waals surface area contributed by atoms with Crippen molar-refractivity contribution in [3.63, 3.8) is 0 Å². The van der Waals surface area contributed by atoms with Crippen molar-refractivity contribution in [1.29, 1.82) is 0 Å². The van der Waals surface area contributed by atoms with E-state index in [1.807, 2.05) is 0 Å². The Kier molecular flexibility index (Phi) is 11.3. The molecule has 1 aliphatic carbocycles. The highest BCUT2D eigenvalue weighted by atomic mass is 32.1. The monoisotopic (exact) mass is 833 g/mol. The maximum absolute atomic E-state index is 14.6. The molecule has 3 aromatic carbocycles. The van der Waals surface area contributed by atoms with Crippen molar-refractivity contribution in [3.05, 3.63) is 124 Å². The Morgan fingerprint density at radius 3 is 1.69 bits per heavy atom. The molecule has 3 heterocycles. The predicted molar refractivity (Wildman–Crippen MR) is 228 cm³/mol. The van der Waals surface area contributed by atoms with E-state index in [-0.39, 0.29) is 39.0 Å². The molecule has 4 amide bonds. The van der Waals surface area contributed by atoms with Gasteiger partial charge >= 0.3 is 0 Å². The molecule has 0 atom stereocenters. The fourth-order valence-electron chi connectivity index (χ4n) is 7.28. The lowest BCUT2D eigenvalue weighted by molar-refractivity contribution is -0.124. The zero-order chi connectivity index (χ0) is 43.1. The largest absolute Gasteiger partial charge is 0.360 e. The Morgan fingerprint density at radius 1 is 0.729 bits per heavy atom. The van der Waals surface area contributed by atoms with E-state index in [0.29, 0.717) is 46.8 Å². The molecule has 7 rings (SSSR count). The second-order valence-corrected chi connectivity index (χ2v) is 15.2. The van der Waals surface area contributed by atoms with Crippen LogP contribution >= 0.6 is 24.4 Å². The SMILES string of the molecule is [C-]#[N+]c1ccc(N2C(=O)C(C)(C)N(c3ccc(C(=O)NC)c(F)c3)C2=S)cc1C.[C-]#[N+]c1ncc(N2C(=O)C3(CCC3)N(c3ccc(C(=O)NC)c(F)c3)C2=S)cc1C. The van der Waals surface area contributed by atoms with Crippen LogP contribution in [0.5, 0.6) is 0 Å². The van der Waals surface area contributed by atoms with Gasteiger partial charge < -0.3 is 25.3 Å². The summed E-state index contributed by atoms with van der Waals surface area (Å²) >= 11 is 11.2. The van der Waals surface area contributed by atoms with Crippen molar-refractivity contribution < 1.29 is 28.0 Å². The summed E-state index contributed by atoms with van der Waals surface area (Å²) in [6.07, 6.45) is 3.49. The second-order valence-electron chi connectivity index (χ2n) is 14.5. The van der Waals surface area contributed by atoms with Gasteiger partial charge in [0, 0.05) is 31.2 Å². The topological polar surface area (TPSA) is 127 Å². The molecule has 2 saturated heterocycles. The zero-order valence-corrected chi connectivity index (χ0v) is 34.4. The summed E-state index contributed by atoms with van der Waals surface area (Å²) in [4.78, 5) is 67.1. The molecule has 17 heteroatoms. The first kappa shape index (κ1) is 41.9. The Bertz CT molecular complexity index is 2580. The quantitative estimate of drug-likeness (QED) is 0.150. The number of pyridine rings is 1. The van der Waals surface area contributed by atoms with E-state index in [9.17, 15) is 28.0 Å². The molecule has 13 nitrogen and oxygen atoms in total. The van der Waals surface area contributed by atoms with Crippen LogP contribution in [0, 0.1) is 38.6 Å². The van der Waals surface area contributed by atoms with Gasteiger partial charge in [0.25, 0.3) is 29.4 Å². The number of hydrogen-bond donors (Lipinski definition) is 2. The molecule has 59 heavy (non-hydrogen) atoms. The number of amides is 4. The number of thiocarbonyl (C=S) groups is 2. The molecular weight excluding hydrogens is 797 g/mol. The first-order chi connectivity index (χ1) is 28.0. The standard InChI is InChI=1S/C21H18FN5O2S.C21H19FN4O2S/c1-12-9-14(11-25-17(12)23-2)26-19(29)21(7-4-8-21)27(20(26)30)13-5-6-15(16(22)10-13)18(28)24-3;1-12-10-13(7-9-17(12)23-4)25-19(28)21(2,3)26(20(25)29)14-6-8-15(16(22)11-14)18(27)24-5/h5-6,9-11H,4,7-8H2,1,3H3,(H,24,28);6-11H,1-3,5H3,(H,24,27). The lowest BCUT2D eigenvalue weighted by atomic mass is 9.75. The van der Waals surface area contributed by atoms with Gasteiger partial charge in [0.05, 0.1) is 23.4 Å². The number of carbonyl (C=O) groups excluding carboxylic acids is 4. The lowest BCUT2D eigenvalue weighted by Crippen LogP contribution is -2.55. The number of nitrogens with one attached hydrogen (secondary N) is 2. The summed E-state index contributed by atoms with van der Waals surface area (Å²) in [7, 11) is 2.85. The van der Waals surface area contributed by atoms with E-state index in [4.69, 9.17) is 37.6 Å². The van der Waals surface area contributed by atoms with E-state index < -0.39 is 34.5 Å². The molecule has 0 radical (unpaired) electrons. The molecule has 3 fully saturated rings. The Hall–Kier alpha value is -6.69. The number of rotatable bonds is 6. The van der Waals surface area contributed by atoms with Crippen molar-refractivity contribution in [3.8, 4) is 0 Å². The third kappa shape index (κ3) is 7.02. The number of aryl methyl sites for hydroxylation is 2. The third-order valence-corrected chi connectivity index (χ3v) is 11.3. The van der Waals surface area contributed by atoms with Gasteiger partial charge in [0.15, 0.2) is 15.9 Å². The smallest absolute Gasteiger partial charge is 0.272 e. The van der Waals surface area contributed by atoms with Gasteiger partial charge in [-0.2, -0.15) is 0 Å². The molecule has 0 unspecified atom stereocenters. The number of benzene rings is 3. The van der Waals surface area contributed by atoms with Crippen molar-refractivity contribution >= 4 is 92.5 Å². The number of hydrogen-bond acceptors (Lipinski definition) is 7. The third-order valence-electron chi connectivity index (χ3n) is 10.6. The highest BCUT2D eigenvalue weighted by molar-refractivity contribution is 7.81. The number of nitrogens with zero attached hydrogens (tertiary/aromatic N) is 7. The van der Waals surface area contributed by atoms with Crippen LogP contribution in [0.4, 0.5) is 43.0 Å². The van der Waals surface area contributed by atoms with E-state index in [1.165, 1.54) is 54.4 Å². The van der Waals surface area contributed by atoms with E-state index in [0.717, 1.165) is 12.0 Å². The Balaban J connectivity index is 0.000000199. The van der Waals surface area contributed by atoms with Gasteiger partial charge in [-0.1, -0.05) is 12.6 Å². The van der Waals surface area contributed by atoms with Crippen LogP contribution in [-0.2, 0) is 9.59 Å².